The first-order valence-corrected chi connectivity index (χ1v) is 11.1. The predicted octanol–water partition coefficient (Wildman–Crippen LogP) is 3.16. The number of allylic oxidation sites excluding steroid dienone is 2. The topological polar surface area (TPSA) is 73.6 Å². The van der Waals surface area contributed by atoms with Crippen molar-refractivity contribution in [2.45, 2.75) is 45.1 Å². The molecule has 166 valence electrons. The molecule has 0 heterocycles. The molecule has 0 saturated heterocycles. The number of rotatable bonds is 10. The highest BCUT2D eigenvalue weighted by Crippen LogP contribution is 2.25. The molecule has 0 saturated carbocycles. The van der Waals surface area contributed by atoms with Crippen molar-refractivity contribution >= 4 is 30.3 Å². The summed E-state index contributed by atoms with van der Waals surface area (Å²) in [5, 5.41) is 4.64. The highest BCUT2D eigenvalue weighted by molar-refractivity contribution is 7.99. The van der Waals surface area contributed by atoms with Crippen molar-refractivity contribution in [2.24, 2.45) is 5.90 Å². The van der Waals surface area contributed by atoms with Gasteiger partial charge in [-0.25, -0.2) is 0 Å². The Hall–Kier alpha value is -2.88. The van der Waals surface area contributed by atoms with Gasteiger partial charge in [-0.05, 0) is 73.2 Å². The number of hydrogen-bond acceptors (Lipinski definition) is 5. The lowest BCUT2D eigenvalue weighted by Gasteiger charge is -2.31. The Balaban J connectivity index is 3.10. The summed E-state index contributed by atoms with van der Waals surface area (Å²) < 4.78 is 5.97. The number of ether oxygens (including phenoxy) is 1. The lowest BCUT2D eigenvalue weighted by Crippen LogP contribution is -2.49. The average Bonchev–Trinajstić information content (AvgIpc) is 2.74. The summed E-state index contributed by atoms with van der Waals surface area (Å²) in [6, 6.07) is 5.43. The van der Waals surface area contributed by atoms with Crippen LogP contribution in [0, 0.1) is 12.3 Å². The van der Waals surface area contributed by atoms with Crippen LogP contribution in [0.1, 0.15) is 34.1 Å². The predicted molar refractivity (Wildman–Crippen MR) is 131 cm³/mol. The molecule has 0 aliphatic carbocycles. The molecule has 1 rings (SSSR count). The second kappa shape index (κ2) is 12.1. The zero-order chi connectivity index (χ0) is 23.6. The Morgan fingerprint density at radius 1 is 1.45 bits per heavy atom. The van der Waals surface area contributed by atoms with Crippen LogP contribution < -0.4 is 26.4 Å². The molecule has 1 unspecified atom stereocenters. The number of nitrogens with one attached hydrogen (secondary N) is 1. The molecule has 0 aliphatic heterocycles. The molecule has 1 amide bonds. The van der Waals surface area contributed by atoms with E-state index in [1.165, 1.54) is 18.0 Å². The molecule has 1 atom stereocenters. The molecule has 0 spiro atoms. The maximum atomic E-state index is 13.0. The number of carbonyl (C=O) groups is 1. The van der Waals surface area contributed by atoms with Gasteiger partial charge < -0.3 is 14.9 Å². The average molecular weight is 441 g/mol. The molecule has 0 aromatic heterocycles. The van der Waals surface area contributed by atoms with Gasteiger partial charge in [-0.1, -0.05) is 38.1 Å². The van der Waals surface area contributed by atoms with E-state index in [0.717, 1.165) is 21.6 Å². The fourth-order valence-electron chi connectivity index (χ4n) is 2.78. The first-order chi connectivity index (χ1) is 14.6. The van der Waals surface area contributed by atoms with Crippen LogP contribution in [-0.4, -0.2) is 23.1 Å². The van der Waals surface area contributed by atoms with Gasteiger partial charge in [-0.3, -0.25) is 4.79 Å². The Bertz CT molecular complexity index is 1020. The third-order valence-electron chi connectivity index (χ3n) is 4.75. The van der Waals surface area contributed by atoms with E-state index in [9.17, 15) is 4.79 Å². The monoisotopic (exact) mass is 440 g/mol. The lowest BCUT2D eigenvalue weighted by atomic mass is 9.88. The van der Waals surface area contributed by atoms with Crippen molar-refractivity contribution in [1.82, 2.24) is 5.32 Å². The fourth-order valence-corrected chi connectivity index (χ4v) is 3.26. The number of thioether (sulfide) groups is 1. The highest BCUT2D eigenvalue weighted by atomic mass is 32.2. The molecule has 1 aromatic rings. The van der Waals surface area contributed by atoms with Gasteiger partial charge in [0.2, 0.25) is 5.44 Å². The van der Waals surface area contributed by atoms with E-state index in [4.69, 9.17) is 17.1 Å². The van der Waals surface area contributed by atoms with Crippen molar-refractivity contribution in [1.29, 1.82) is 0 Å². The van der Waals surface area contributed by atoms with E-state index < -0.39 is 11.0 Å². The Morgan fingerprint density at radius 2 is 2.13 bits per heavy atom. The van der Waals surface area contributed by atoms with E-state index in [1.807, 2.05) is 58.2 Å². The third-order valence-corrected chi connectivity index (χ3v) is 5.48. The van der Waals surface area contributed by atoms with Crippen molar-refractivity contribution in [3.05, 3.63) is 64.3 Å². The van der Waals surface area contributed by atoms with Crippen molar-refractivity contribution < 1.29 is 14.4 Å². The van der Waals surface area contributed by atoms with E-state index in [0.29, 0.717) is 17.7 Å². The first kappa shape index (κ1) is 26.2. The van der Waals surface area contributed by atoms with Gasteiger partial charge in [0.05, 0.1) is 5.54 Å². The zero-order valence-corrected chi connectivity index (χ0v) is 19.8. The maximum Gasteiger partial charge on any atom is 0.272 e. The molecule has 31 heavy (non-hydrogen) atoms. The van der Waals surface area contributed by atoms with Gasteiger partial charge in [0, 0.05) is 5.57 Å². The summed E-state index contributed by atoms with van der Waals surface area (Å²) in [6.07, 6.45) is 13.1. The van der Waals surface area contributed by atoms with Crippen LogP contribution in [0.15, 0.2) is 53.8 Å². The molecule has 0 radical (unpaired) electrons. The van der Waals surface area contributed by atoms with Gasteiger partial charge in [-0.15, -0.1) is 18.2 Å². The molecular formula is C25H32N2O3S. The minimum Gasteiger partial charge on any atom is -0.470 e. The summed E-state index contributed by atoms with van der Waals surface area (Å²) in [6.45, 7) is 15.7. The number of amides is 1. The molecule has 0 aliphatic rings. The maximum absolute atomic E-state index is 13.0. The quantitative estimate of drug-likeness (QED) is 0.192. The summed E-state index contributed by atoms with van der Waals surface area (Å²) >= 11 is 1.29. The van der Waals surface area contributed by atoms with Crippen molar-refractivity contribution in [3.63, 3.8) is 0 Å². The van der Waals surface area contributed by atoms with E-state index in [-0.39, 0.29) is 5.91 Å². The van der Waals surface area contributed by atoms with Crippen LogP contribution in [0.2, 0.25) is 0 Å². The van der Waals surface area contributed by atoms with E-state index in [1.54, 1.807) is 6.07 Å². The Morgan fingerprint density at radius 3 is 2.65 bits per heavy atom. The minimum absolute atomic E-state index is 0.273. The standard InChI is InChI=1S/C25H32N2O3S/c1-9-19(10-2)14-21-15-22(13-12-17(21)4)30-24(31-8)23(28)27-25(6,7)18(5)20(11-3)16-29-26/h1,10,12-16,24H,4-5,11,26H2,2-3,6-8H3,(H,27,28)/b19-10-,20-16-,21-14-. The second-order valence-corrected chi connectivity index (χ2v) is 8.20. The van der Waals surface area contributed by atoms with Crippen LogP contribution >= 0.6 is 11.8 Å². The van der Waals surface area contributed by atoms with Gasteiger partial charge in [0.25, 0.3) is 5.91 Å². The zero-order valence-electron chi connectivity index (χ0n) is 19.0. The van der Waals surface area contributed by atoms with Crippen LogP contribution in [0.3, 0.4) is 0 Å². The second-order valence-electron chi connectivity index (χ2n) is 7.30. The number of nitrogens with two attached hydrogens (primary N) is 1. The van der Waals surface area contributed by atoms with Crippen LogP contribution in [-0.2, 0) is 9.63 Å². The SMILES string of the molecule is C#CC(/C=c1/cc(OC(SC)C(=O)NC(C)(C)C(=C)/C(=C\ON)CC)ccc1=C)=C/C. The number of benzene rings is 1. The van der Waals surface area contributed by atoms with Crippen LogP contribution in [0.4, 0.5) is 0 Å². The van der Waals surface area contributed by atoms with Gasteiger partial charge in [0.1, 0.15) is 12.0 Å². The fraction of sp³-hybridized carbons (Fsp3) is 0.320. The third kappa shape index (κ3) is 7.39. The Labute approximate surface area is 189 Å². The summed E-state index contributed by atoms with van der Waals surface area (Å²) in [5.41, 5.74) is 0.777. The molecule has 5 nitrogen and oxygen atoms in total. The van der Waals surface area contributed by atoms with Gasteiger partial charge in [0.15, 0.2) is 0 Å². The summed E-state index contributed by atoms with van der Waals surface area (Å²) in [5.74, 6) is 8.05. The van der Waals surface area contributed by atoms with Crippen LogP contribution in [0.25, 0.3) is 12.7 Å². The lowest BCUT2D eigenvalue weighted by molar-refractivity contribution is -0.125. The molecule has 0 bridgehead atoms. The first-order valence-electron chi connectivity index (χ1n) is 9.82. The number of hydrogen-bond donors (Lipinski definition) is 2. The van der Waals surface area contributed by atoms with Gasteiger partial charge in [-0.2, -0.15) is 5.90 Å². The molecule has 6 heteroatoms. The molecule has 0 fully saturated rings. The summed E-state index contributed by atoms with van der Waals surface area (Å²) in [4.78, 5) is 17.6. The molecule has 3 N–H and O–H groups in total. The smallest absolute Gasteiger partial charge is 0.272 e. The number of carbonyl (C=O) groups excluding carboxylic acids is 1. The van der Waals surface area contributed by atoms with Gasteiger partial charge >= 0.3 is 0 Å². The van der Waals surface area contributed by atoms with Crippen LogP contribution in [0.5, 0.6) is 5.75 Å². The minimum atomic E-state index is -0.760. The largest absolute Gasteiger partial charge is 0.470 e. The normalized spacial score (nSPS) is 13.9. The Kier molecular flexibility index (Phi) is 10.2. The summed E-state index contributed by atoms with van der Waals surface area (Å²) in [7, 11) is 0. The van der Waals surface area contributed by atoms with E-state index >= 15 is 0 Å². The van der Waals surface area contributed by atoms with Crippen molar-refractivity contribution in [2.75, 3.05) is 6.26 Å². The molecule has 1 aromatic carbocycles. The molecular weight excluding hydrogens is 408 g/mol. The van der Waals surface area contributed by atoms with Crippen molar-refractivity contribution in [3.8, 4) is 18.1 Å². The number of terminal acetylenes is 1. The highest BCUT2D eigenvalue weighted by Gasteiger charge is 2.30. The van der Waals surface area contributed by atoms with E-state index in [2.05, 4.69) is 29.2 Å².